The van der Waals surface area contributed by atoms with Crippen molar-refractivity contribution >= 4 is 5.91 Å². The molecule has 76 valence electrons. The molecule has 3 nitrogen and oxygen atoms in total. The molecule has 3 heteroatoms. The summed E-state index contributed by atoms with van der Waals surface area (Å²) in [4.78, 5) is 11.5. The van der Waals surface area contributed by atoms with Crippen LogP contribution in [0.2, 0.25) is 0 Å². The Morgan fingerprint density at radius 3 is 2.86 bits per heavy atom. The molecule has 1 amide bonds. The van der Waals surface area contributed by atoms with Gasteiger partial charge in [0.1, 0.15) is 5.75 Å². The SMILES string of the molecule is CCCNC(=O)c1cc(C)ccc1O. The van der Waals surface area contributed by atoms with Crippen molar-refractivity contribution in [3.63, 3.8) is 0 Å². The van der Waals surface area contributed by atoms with Gasteiger partial charge in [-0.1, -0.05) is 18.6 Å². The molecule has 0 aliphatic carbocycles. The minimum atomic E-state index is -0.215. The molecule has 2 N–H and O–H groups in total. The fourth-order valence-corrected chi connectivity index (χ4v) is 1.17. The maximum atomic E-state index is 11.5. The van der Waals surface area contributed by atoms with Crippen LogP contribution in [0.4, 0.5) is 0 Å². The maximum absolute atomic E-state index is 11.5. The molecule has 1 aromatic rings. The van der Waals surface area contributed by atoms with Crippen LogP contribution in [0.15, 0.2) is 18.2 Å². The van der Waals surface area contributed by atoms with Crippen LogP contribution in [0.5, 0.6) is 5.75 Å². The highest BCUT2D eigenvalue weighted by molar-refractivity contribution is 5.96. The molecule has 0 unspecified atom stereocenters. The van der Waals surface area contributed by atoms with Gasteiger partial charge in [0.25, 0.3) is 5.91 Å². The van der Waals surface area contributed by atoms with Gasteiger partial charge in [0, 0.05) is 6.54 Å². The average molecular weight is 193 g/mol. The molecule has 0 aliphatic rings. The zero-order valence-electron chi connectivity index (χ0n) is 8.50. The van der Waals surface area contributed by atoms with Crippen LogP contribution in [-0.4, -0.2) is 17.6 Å². The number of hydrogen-bond acceptors (Lipinski definition) is 2. The number of hydrogen-bond donors (Lipinski definition) is 2. The molecule has 0 aliphatic heterocycles. The molecule has 0 saturated heterocycles. The number of carbonyl (C=O) groups is 1. The van der Waals surface area contributed by atoms with E-state index in [2.05, 4.69) is 5.32 Å². The first-order valence-electron chi connectivity index (χ1n) is 4.73. The summed E-state index contributed by atoms with van der Waals surface area (Å²) < 4.78 is 0. The zero-order valence-corrected chi connectivity index (χ0v) is 8.50. The van der Waals surface area contributed by atoms with Crippen molar-refractivity contribution in [1.82, 2.24) is 5.32 Å². The van der Waals surface area contributed by atoms with Gasteiger partial charge in [0.15, 0.2) is 0 Å². The zero-order chi connectivity index (χ0) is 10.6. The highest BCUT2D eigenvalue weighted by Crippen LogP contribution is 2.17. The van der Waals surface area contributed by atoms with E-state index in [9.17, 15) is 9.90 Å². The quantitative estimate of drug-likeness (QED) is 0.769. The second kappa shape index (κ2) is 4.65. The Hall–Kier alpha value is -1.51. The third-order valence-electron chi connectivity index (χ3n) is 1.93. The van der Waals surface area contributed by atoms with E-state index in [-0.39, 0.29) is 11.7 Å². The van der Waals surface area contributed by atoms with Crippen molar-refractivity contribution in [2.24, 2.45) is 0 Å². The van der Waals surface area contributed by atoms with Gasteiger partial charge in [-0.3, -0.25) is 4.79 Å². The number of rotatable bonds is 3. The van der Waals surface area contributed by atoms with E-state index in [4.69, 9.17) is 0 Å². The predicted molar refractivity (Wildman–Crippen MR) is 55.5 cm³/mol. The highest BCUT2D eigenvalue weighted by Gasteiger charge is 2.09. The highest BCUT2D eigenvalue weighted by atomic mass is 16.3. The normalized spacial score (nSPS) is 9.86. The summed E-state index contributed by atoms with van der Waals surface area (Å²) in [5.41, 5.74) is 1.31. The summed E-state index contributed by atoms with van der Waals surface area (Å²) >= 11 is 0. The predicted octanol–water partition coefficient (Wildman–Crippen LogP) is 1.84. The number of aromatic hydroxyl groups is 1. The van der Waals surface area contributed by atoms with E-state index >= 15 is 0 Å². The van der Waals surface area contributed by atoms with Gasteiger partial charge < -0.3 is 10.4 Å². The van der Waals surface area contributed by atoms with Crippen LogP contribution in [0, 0.1) is 6.92 Å². The van der Waals surface area contributed by atoms with Crippen LogP contribution >= 0.6 is 0 Å². The number of aryl methyl sites for hydroxylation is 1. The summed E-state index contributed by atoms with van der Waals surface area (Å²) in [7, 11) is 0. The van der Waals surface area contributed by atoms with Crippen LogP contribution in [0.3, 0.4) is 0 Å². The standard InChI is InChI=1S/C11H15NO2/c1-3-6-12-11(14)9-7-8(2)4-5-10(9)13/h4-5,7,13H,3,6H2,1-2H3,(H,12,14). The Bertz CT molecular complexity index is 334. The first kappa shape index (κ1) is 10.6. The lowest BCUT2D eigenvalue weighted by molar-refractivity contribution is 0.0951. The summed E-state index contributed by atoms with van der Waals surface area (Å²) in [6.07, 6.45) is 0.887. The molecular formula is C11H15NO2. The second-order valence-electron chi connectivity index (χ2n) is 3.28. The van der Waals surface area contributed by atoms with Crippen molar-refractivity contribution in [2.75, 3.05) is 6.54 Å². The second-order valence-corrected chi connectivity index (χ2v) is 3.28. The van der Waals surface area contributed by atoms with E-state index < -0.39 is 0 Å². The number of benzene rings is 1. The van der Waals surface area contributed by atoms with Gasteiger partial charge in [-0.25, -0.2) is 0 Å². The molecule has 0 atom stereocenters. The summed E-state index contributed by atoms with van der Waals surface area (Å²) in [5.74, 6) is -0.183. The minimum Gasteiger partial charge on any atom is -0.507 e. The van der Waals surface area contributed by atoms with Crippen LogP contribution in [-0.2, 0) is 0 Å². The van der Waals surface area contributed by atoms with Gasteiger partial charge in [-0.15, -0.1) is 0 Å². The number of nitrogens with one attached hydrogen (secondary N) is 1. The van der Waals surface area contributed by atoms with Crippen molar-refractivity contribution < 1.29 is 9.90 Å². The van der Waals surface area contributed by atoms with Crippen molar-refractivity contribution in [1.29, 1.82) is 0 Å². The smallest absolute Gasteiger partial charge is 0.255 e. The Labute approximate surface area is 83.8 Å². The molecule has 0 aromatic heterocycles. The first-order chi connectivity index (χ1) is 6.65. The van der Waals surface area contributed by atoms with E-state index in [1.807, 2.05) is 13.8 Å². The molecule has 0 spiro atoms. The van der Waals surface area contributed by atoms with Gasteiger partial charge in [0.2, 0.25) is 0 Å². The fraction of sp³-hybridized carbons (Fsp3) is 0.364. The van der Waals surface area contributed by atoms with E-state index in [1.54, 1.807) is 12.1 Å². The van der Waals surface area contributed by atoms with E-state index in [0.29, 0.717) is 12.1 Å². The molecule has 1 rings (SSSR count). The molecule has 0 radical (unpaired) electrons. The lowest BCUT2D eigenvalue weighted by Gasteiger charge is -2.06. The Morgan fingerprint density at radius 1 is 1.50 bits per heavy atom. The third-order valence-corrected chi connectivity index (χ3v) is 1.93. The lowest BCUT2D eigenvalue weighted by Crippen LogP contribution is -2.24. The average Bonchev–Trinajstić information content (AvgIpc) is 2.18. The number of amides is 1. The number of carbonyl (C=O) groups excluding carboxylic acids is 1. The summed E-state index contributed by atoms with van der Waals surface area (Å²) in [6.45, 7) is 4.50. The van der Waals surface area contributed by atoms with Gasteiger partial charge in [-0.05, 0) is 25.5 Å². The molecule has 1 aromatic carbocycles. The third kappa shape index (κ3) is 2.49. The number of phenolic OH excluding ortho intramolecular Hbond substituents is 1. The Balaban J connectivity index is 2.83. The minimum absolute atomic E-state index is 0.0317. The first-order valence-corrected chi connectivity index (χ1v) is 4.73. The van der Waals surface area contributed by atoms with Crippen LogP contribution < -0.4 is 5.32 Å². The van der Waals surface area contributed by atoms with Crippen molar-refractivity contribution in [2.45, 2.75) is 20.3 Å². The van der Waals surface area contributed by atoms with E-state index in [0.717, 1.165) is 12.0 Å². The molecule has 14 heavy (non-hydrogen) atoms. The Kier molecular flexibility index (Phi) is 3.51. The van der Waals surface area contributed by atoms with Crippen molar-refractivity contribution in [3.8, 4) is 5.75 Å². The molecular weight excluding hydrogens is 178 g/mol. The molecule has 0 bridgehead atoms. The fourth-order valence-electron chi connectivity index (χ4n) is 1.17. The largest absolute Gasteiger partial charge is 0.507 e. The number of phenols is 1. The summed E-state index contributed by atoms with van der Waals surface area (Å²) in [5, 5.41) is 12.2. The topological polar surface area (TPSA) is 49.3 Å². The molecule has 0 saturated carbocycles. The Morgan fingerprint density at radius 2 is 2.21 bits per heavy atom. The van der Waals surface area contributed by atoms with Gasteiger partial charge >= 0.3 is 0 Å². The van der Waals surface area contributed by atoms with Crippen molar-refractivity contribution in [3.05, 3.63) is 29.3 Å². The monoisotopic (exact) mass is 193 g/mol. The van der Waals surface area contributed by atoms with Gasteiger partial charge in [0.05, 0.1) is 5.56 Å². The van der Waals surface area contributed by atoms with E-state index in [1.165, 1.54) is 6.07 Å². The maximum Gasteiger partial charge on any atom is 0.255 e. The van der Waals surface area contributed by atoms with Gasteiger partial charge in [-0.2, -0.15) is 0 Å². The summed E-state index contributed by atoms with van der Waals surface area (Å²) in [6, 6.07) is 4.99. The van der Waals surface area contributed by atoms with Crippen LogP contribution in [0.1, 0.15) is 29.3 Å². The van der Waals surface area contributed by atoms with Crippen LogP contribution in [0.25, 0.3) is 0 Å². The molecule has 0 fully saturated rings. The molecule has 0 heterocycles. The lowest BCUT2D eigenvalue weighted by atomic mass is 10.1.